The van der Waals surface area contributed by atoms with Crippen LogP contribution in [0.3, 0.4) is 0 Å². The quantitative estimate of drug-likeness (QED) is 0.665. The standard InChI is InChI=1S/C11H11BrO2/c1-8(11(13)14)6-9-2-4-10(7-12)5-3-9/h2-6H,7H2,1H3,(H,13,14). The molecule has 0 fully saturated rings. The molecular formula is C11H11BrO2. The molecule has 0 saturated heterocycles. The topological polar surface area (TPSA) is 37.3 Å². The lowest BCUT2D eigenvalue weighted by atomic mass is 10.1. The van der Waals surface area contributed by atoms with Crippen molar-refractivity contribution < 1.29 is 9.90 Å². The molecule has 0 atom stereocenters. The number of carboxylic acids is 1. The van der Waals surface area contributed by atoms with E-state index >= 15 is 0 Å². The summed E-state index contributed by atoms with van der Waals surface area (Å²) in [7, 11) is 0. The van der Waals surface area contributed by atoms with Gasteiger partial charge in [-0.3, -0.25) is 0 Å². The zero-order chi connectivity index (χ0) is 10.6. The van der Waals surface area contributed by atoms with Gasteiger partial charge in [0.25, 0.3) is 0 Å². The van der Waals surface area contributed by atoms with Crippen LogP contribution in [0.4, 0.5) is 0 Å². The van der Waals surface area contributed by atoms with Crippen molar-refractivity contribution in [2.75, 3.05) is 0 Å². The van der Waals surface area contributed by atoms with Crippen LogP contribution in [0.2, 0.25) is 0 Å². The van der Waals surface area contributed by atoms with E-state index in [1.807, 2.05) is 24.3 Å². The first-order valence-electron chi connectivity index (χ1n) is 4.20. The Morgan fingerprint density at radius 3 is 2.43 bits per heavy atom. The SMILES string of the molecule is CC(=Cc1ccc(CBr)cc1)C(=O)O. The highest BCUT2D eigenvalue weighted by Crippen LogP contribution is 2.11. The van der Waals surface area contributed by atoms with Crippen LogP contribution in [0.15, 0.2) is 29.8 Å². The summed E-state index contributed by atoms with van der Waals surface area (Å²) >= 11 is 3.35. The van der Waals surface area contributed by atoms with Crippen molar-refractivity contribution in [1.82, 2.24) is 0 Å². The van der Waals surface area contributed by atoms with E-state index in [-0.39, 0.29) is 0 Å². The fourth-order valence-corrected chi connectivity index (χ4v) is 1.39. The number of halogens is 1. The van der Waals surface area contributed by atoms with Gasteiger partial charge in [0.05, 0.1) is 0 Å². The van der Waals surface area contributed by atoms with E-state index in [4.69, 9.17) is 5.11 Å². The van der Waals surface area contributed by atoms with Gasteiger partial charge >= 0.3 is 5.97 Å². The Kier molecular flexibility index (Phi) is 3.89. The first kappa shape index (κ1) is 11.0. The van der Waals surface area contributed by atoms with Crippen LogP contribution in [-0.2, 0) is 10.1 Å². The number of benzene rings is 1. The van der Waals surface area contributed by atoms with Crippen molar-refractivity contribution in [2.24, 2.45) is 0 Å². The third-order valence-electron chi connectivity index (χ3n) is 1.85. The van der Waals surface area contributed by atoms with Gasteiger partial charge in [0, 0.05) is 10.9 Å². The number of hydrogen-bond donors (Lipinski definition) is 1. The molecule has 1 N–H and O–H groups in total. The van der Waals surface area contributed by atoms with Gasteiger partial charge in [-0.05, 0) is 24.1 Å². The molecule has 14 heavy (non-hydrogen) atoms. The molecule has 0 heterocycles. The van der Waals surface area contributed by atoms with Crippen molar-refractivity contribution >= 4 is 28.0 Å². The number of alkyl halides is 1. The summed E-state index contributed by atoms with van der Waals surface area (Å²) in [5, 5.41) is 9.48. The summed E-state index contributed by atoms with van der Waals surface area (Å²) < 4.78 is 0. The first-order valence-corrected chi connectivity index (χ1v) is 5.32. The number of rotatable bonds is 3. The number of carboxylic acid groups (broad SMARTS) is 1. The average Bonchev–Trinajstić information content (AvgIpc) is 2.19. The van der Waals surface area contributed by atoms with Crippen molar-refractivity contribution in [3.8, 4) is 0 Å². The number of hydrogen-bond acceptors (Lipinski definition) is 1. The van der Waals surface area contributed by atoms with Crippen molar-refractivity contribution in [3.63, 3.8) is 0 Å². The largest absolute Gasteiger partial charge is 0.478 e. The van der Waals surface area contributed by atoms with Crippen LogP contribution in [0.1, 0.15) is 18.1 Å². The summed E-state index contributed by atoms with van der Waals surface area (Å²) in [4.78, 5) is 10.6. The van der Waals surface area contributed by atoms with E-state index in [1.165, 1.54) is 5.56 Å². The molecule has 2 nitrogen and oxygen atoms in total. The summed E-state index contributed by atoms with van der Waals surface area (Å²) in [5.74, 6) is -0.880. The van der Waals surface area contributed by atoms with Gasteiger partial charge in [-0.15, -0.1) is 0 Å². The second-order valence-corrected chi connectivity index (χ2v) is 3.57. The van der Waals surface area contributed by atoms with E-state index in [9.17, 15) is 4.79 Å². The van der Waals surface area contributed by atoms with Crippen LogP contribution in [0.5, 0.6) is 0 Å². The van der Waals surface area contributed by atoms with Gasteiger partial charge in [0.2, 0.25) is 0 Å². The van der Waals surface area contributed by atoms with E-state index in [0.29, 0.717) is 5.57 Å². The predicted molar refractivity (Wildman–Crippen MR) is 60.4 cm³/mol. The highest BCUT2D eigenvalue weighted by Gasteiger charge is 1.99. The molecule has 0 saturated carbocycles. The Hall–Kier alpha value is -1.09. The lowest BCUT2D eigenvalue weighted by Crippen LogP contribution is -1.95. The maximum atomic E-state index is 10.6. The molecular weight excluding hydrogens is 244 g/mol. The normalized spacial score (nSPS) is 11.4. The lowest BCUT2D eigenvalue weighted by Gasteiger charge is -1.97. The molecule has 0 aliphatic heterocycles. The molecule has 0 aliphatic carbocycles. The minimum atomic E-state index is -0.880. The highest BCUT2D eigenvalue weighted by molar-refractivity contribution is 9.08. The van der Waals surface area contributed by atoms with Gasteiger partial charge in [-0.2, -0.15) is 0 Å². The molecule has 0 aliphatic rings. The van der Waals surface area contributed by atoms with Crippen LogP contribution in [-0.4, -0.2) is 11.1 Å². The van der Waals surface area contributed by atoms with Crippen LogP contribution < -0.4 is 0 Å². The molecule has 0 spiro atoms. The Morgan fingerprint density at radius 2 is 2.00 bits per heavy atom. The molecule has 3 heteroatoms. The third-order valence-corrected chi connectivity index (χ3v) is 2.50. The summed E-state index contributed by atoms with van der Waals surface area (Å²) in [6.45, 7) is 1.58. The molecule has 1 aromatic rings. The Morgan fingerprint density at radius 1 is 1.43 bits per heavy atom. The molecule has 0 amide bonds. The second-order valence-electron chi connectivity index (χ2n) is 3.01. The summed E-state index contributed by atoms with van der Waals surface area (Å²) in [5.41, 5.74) is 2.43. The zero-order valence-electron chi connectivity index (χ0n) is 7.83. The second kappa shape index (κ2) is 4.96. The number of aliphatic carboxylic acids is 1. The Balaban J connectivity index is 2.88. The molecule has 1 aromatic carbocycles. The van der Waals surface area contributed by atoms with Crippen molar-refractivity contribution in [1.29, 1.82) is 0 Å². The maximum Gasteiger partial charge on any atom is 0.331 e. The van der Waals surface area contributed by atoms with Gasteiger partial charge < -0.3 is 5.11 Å². The summed E-state index contributed by atoms with van der Waals surface area (Å²) in [6.07, 6.45) is 1.65. The molecule has 1 rings (SSSR count). The van der Waals surface area contributed by atoms with Gasteiger partial charge in [0.15, 0.2) is 0 Å². The van der Waals surface area contributed by atoms with Crippen LogP contribution in [0.25, 0.3) is 6.08 Å². The zero-order valence-corrected chi connectivity index (χ0v) is 9.41. The predicted octanol–water partition coefficient (Wildman–Crippen LogP) is 3.07. The molecule has 0 aromatic heterocycles. The van der Waals surface area contributed by atoms with E-state index in [2.05, 4.69) is 15.9 Å². The lowest BCUT2D eigenvalue weighted by molar-refractivity contribution is -0.132. The van der Waals surface area contributed by atoms with Gasteiger partial charge in [-0.25, -0.2) is 4.79 Å². The molecule has 0 bridgehead atoms. The van der Waals surface area contributed by atoms with E-state index in [0.717, 1.165) is 10.9 Å². The Bertz CT molecular complexity index is 352. The fourth-order valence-electron chi connectivity index (χ4n) is 1.01. The summed E-state index contributed by atoms with van der Waals surface area (Å²) in [6, 6.07) is 7.75. The third kappa shape index (κ3) is 3.00. The van der Waals surface area contributed by atoms with Crippen molar-refractivity contribution in [2.45, 2.75) is 12.3 Å². The number of carbonyl (C=O) groups is 1. The van der Waals surface area contributed by atoms with E-state index < -0.39 is 5.97 Å². The first-order chi connectivity index (χ1) is 6.63. The molecule has 0 radical (unpaired) electrons. The fraction of sp³-hybridized carbons (Fsp3) is 0.182. The smallest absolute Gasteiger partial charge is 0.331 e. The van der Waals surface area contributed by atoms with Gasteiger partial charge in [-0.1, -0.05) is 40.2 Å². The minimum Gasteiger partial charge on any atom is -0.478 e. The molecule has 0 unspecified atom stereocenters. The monoisotopic (exact) mass is 254 g/mol. The van der Waals surface area contributed by atoms with Crippen LogP contribution in [0, 0.1) is 0 Å². The highest BCUT2D eigenvalue weighted by atomic mass is 79.9. The average molecular weight is 255 g/mol. The van der Waals surface area contributed by atoms with E-state index in [1.54, 1.807) is 13.0 Å². The van der Waals surface area contributed by atoms with Crippen LogP contribution >= 0.6 is 15.9 Å². The van der Waals surface area contributed by atoms with Crippen molar-refractivity contribution in [3.05, 3.63) is 41.0 Å². The minimum absolute atomic E-state index is 0.344. The Labute approximate surface area is 91.4 Å². The van der Waals surface area contributed by atoms with Gasteiger partial charge in [0.1, 0.15) is 0 Å². The maximum absolute atomic E-state index is 10.6. The molecule has 74 valence electrons.